The molecule has 4 heterocycles. The van der Waals surface area contributed by atoms with Crippen LogP contribution >= 0.6 is 0 Å². The quantitative estimate of drug-likeness (QED) is 0.127. The molecule has 0 spiro atoms. The molecule has 4 nitrogen and oxygen atoms in total. The van der Waals surface area contributed by atoms with Crippen molar-refractivity contribution in [3.8, 4) is 78.7 Å². The fraction of sp³-hybridized carbons (Fsp3) is 0.196. The topological polar surface area (TPSA) is 16.3 Å². The number of fused-ring (bicyclic) bond motifs is 6. The van der Waals surface area contributed by atoms with Crippen LogP contribution in [0.3, 0.4) is 0 Å². The summed E-state index contributed by atoms with van der Waals surface area (Å²) in [4.78, 5) is 5.39. The Bertz CT molecular complexity index is 5380. The highest BCUT2D eigenvalue weighted by molar-refractivity contribution is 7.00. The lowest BCUT2D eigenvalue weighted by molar-refractivity contribution is 0.568. The van der Waals surface area contributed by atoms with Gasteiger partial charge in [-0.15, -0.1) is 0 Å². The van der Waals surface area contributed by atoms with Crippen LogP contribution in [0, 0.1) is 0 Å². The number of anilines is 6. The SMILES string of the molecule is CC(C)(C)c1cc(-c2ccccc2N2c3cc(-n4c(-c5ccccc5)c5ccccc5c4-c4ccccc4)ccc3B3c4ccc(-n5c(-c6ccccc6)c6ccccc6c5-c5ccccc5)cc4N(c4ccccc4-c4cc(C(C)(C)C)cc(C(C)(C)C)c4)c4cc(C(C)(C)C)cc2c43)cc(C(C)(C)C)c1. The van der Waals surface area contributed by atoms with E-state index in [0.29, 0.717) is 0 Å². The van der Waals surface area contributed by atoms with Crippen molar-refractivity contribution in [2.75, 3.05) is 9.80 Å². The van der Waals surface area contributed by atoms with E-state index < -0.39 is 0 Å². The van der Waals surface area contributed by atoms with Gasteiger partial charge < -0.3 is 18.9 Å². The molecule has 0 saturated heterocycles. The first-order valence-corrected chi connectivity index (χ1v) is 38.3. The summed E-state index contributed by atoms with van der Waals surface area (Å²) in [6.45, 7) is 35.2. The standard InChI is InChI=1S/C102H95BN4/c1-98(2,3)72-56-70(57-73(60-72)99(4,5)6)79-44-32-34-50-87(79)106-89-64-77(104-94(66-36-20-16-21-37-66)81-46-28-29-47-82(81)95(104)67-38-22-17-23-39-67)52-54-85(89)103-86-55-53-78(105-96(68-40-24-18-25-41-68)83-48-30-31-49-84(83)97(105)69-42-26-19-27-43-69)65-90(86)107(92-63-76(102(13,14)15)62-91(106)93(92)103)88-51-35-33-45-80(88)71-58-74(100(7,8)9)61-75(59-71)101(10,11)12/h16-65H,1-15H3. The van der Waals surface area contributed by atoms with Gasteiger partial charge in [-0.25, -0.2) is 0 Å². The minimum absolute atomic E-state index is 0.116. The van der Waals surface area contributed by atoms with E-state index in [0.717, 1.165) is 90.5 Å². The molecule has 0 unspecified atom stereocenters. The zero-order valence-electron chi connectivity index (χ0n) is 64.7. The number of para-hydroxylation sites is 2. The third-order valence-electron chi connectivity index (χ3n) is 22.6. The maximum absolute atomic E-state index is 2.70. The molecule has 0 bridgehead atoms. The van der Waals surface area contributed by atoms with Crippen molar-refractivity contribution in [2.24, 2.45) is 0 Å². The molecule has 0 fully saturated rings. The van der Waals surface area contributed by atoms with Crippen LogP contribution in [0.25, 0.3) is 100 Å². The Morgan fingerprint density at radius 2 is 0.477 bits per heavy atom. The van der Waals surface area contributed by atoms with Crippen LogP contribution in [0.5, 0.6) is 0 Å². The maximum atomic E-state index is 2.70. The highest BCUT2D eigenvalue weighted by Crippen LogP contribution is 2.53. The number of benzene rings is 13. The first-order valence-electron chi connectivity index (χ1n) is 38.3. The van der Waals surface area contributed by atoms with E-state index in [2.05, 4.69) is 426 Å². The van der Waals surface area contributed by atoms with Gasteiger partial charge in [0.05, 0.1) is 34.2 Å². The van der Waals surface area contributed by atoms with Crippen molar-refractivity contribution >= 4 is 78.8 Å². The number of hydrogen-bond donors (Lipinski definition) is 0. The largest absolute Gasteiger partial charge is 0.311 e. The van der Waals surface area contributed by atoms with Gasteiger partial charge in [0.15, 0.2) is 0 Å². The molecule has 2 aliphatic rings. The Morgan fingerprint density at radius 1 is 0.215 bits per heavy atom. The Hall–Kier alpha value is -11.4. The lowest BCUT2D eigenvalue weighted by Gasteiger charge is -2.46. The van der Waals surface area contributed by atoms with Crippen molar-refractivity contribution in [1.82, 2.24) is 9.13 Å². The van der Waals surface area contributed by atoms with Crippen LogP contribution in [0.2, 0.25) is 0 Å². The Labute approximate surface area is 634 Å². The summed E-state index contributed by atoms with van der Waals surface area (Å²) in [5.74, 6) is 0. The summed E-state index contributed by atoms with van der Waals surface area (Å²) in [5.41, 5.74) is 32.5. The van der Waals surface area contributed by atoms with Gasteiger partial charge in [-0.2, -0.15) is 0 Å². The fourth-order valence-electron chi connectivity index (χ4n) is 16.9. The van der Waals surface area contributed by atoms with Crippen LogP contribution in [0.1, 0.15) is 132 Å². The van der Waals surface area contributed by atoms with E-state index in [1.54, 1.807) is 0 Å². The van der Waals surface area contributed by atoms with E-state index in [9.17, 15) is 0 Å². The second-order valence-corrected chi connectivity index (χ2v) is 35.0. The lowest BCUT2D eigenvalue weighted by Crippen LogP contribution is -2.61. The molecule has 526 valence electrons. The molecule has 13 aromatic carbocycles. The molecule has 0 aliphatic carbocycles. The summed E-state index contributed by atoms with van der Waals surface area (Å²) < 4.78 is 5.15. The fourth-order valence-corrected chi connectivity index (χ4v) is 16.9. The molecule has 107 heavy (non-hydrogen) atoms. The van der Waals surface area contributed by atoms with Gasteiger partial charge in [0, 0.05) is 66.8 Å². The summed E-state index contributed by atoms with van der Waals surface area (Å²) in [6, 6.07) is 116. The molecule has 2 aliphatic heterocycles. The van der Waals surface area contributed by atoms with E-state index in [-0.39, 0.29) is 33.8 Å². The molecule has 0 atom stereocenters. The first kappa shape index (κ1) is 68.7. The average molecular weight is 1390 g/mol. The molecule has 15 aromatic rings. The van der Waals surface area contributed by atoms with E-state index in [4.69, 9.17) is 0 Å². The van der Waals surface area contributed by atoms with Crippen molar-refractivity contribution in [2.45, 2.75) is 131 Å². The van der Waals surface area contributed by atoms with Crippen molar-refractivity contribution in [3.05, 3.63) is 331 Å². The van der Waals surface area contributed by atoms with Gasteiger partial charge in [0.2, 0.25) is 0 Å². The van der Waals surface area contributed by atoms with E-state index in [1.807, 2.05) is 0 Å². The number of aromatic nitrogens is 2. The summed E-state index contributed by atoms with van der Waals surface area (Å²) >= 11 is 0. The number of rotatable bonds is 10. The monoisotopic (exact) mass is 1390 g/mol. The summed E-state index contributed by atoms with van der Waals surface area (Å²) in [7, 11) is 0. The van der Waals surface area contributed by atoms with Gasteiger partial charge in [-0.05, 0) is 153 Å². The summed E-state index contributed by atoms with van der Waals surface area (Å²) in [5, 5.41) is 4.81. The predicted molar refractivity (Wildman–Crippen MR) is 460 cm³/mol. The second-order valence-electron chi connectivity index (χ2n) is 35.0. The predicted octanol–water partition coefficient (Wildman–Crippen LogP) is 26.1. The van der Waals surface area contributed by atoms with Crippen molar-refractivity contribution < 1.29 is 0 Å². The maximum Gasteiger partial charge on any atom is 0.252 e. The van der Waals surface area contributed by atoms with Crippen LogP contribution in [0.15, 0.2) is 303 Å². The smallest absolute Gasteiger partial charge is 0.252 e. The van der Waals surface area contributed by atoms with E-state index >= 15 is 0 Å². The second kappa shape index (κ2) is 25.7. The van der Waals surface area contributed by atoms with E-state index in [1.165, 1.54) is 88.0 Å². The third kappa shape index (κ3) is 11.9. The average Bonchev–Trinajstić information content (AvgIpc) is 1.25. The minimum Gasteiger partial charge on any atom is -0.311 e. The van der Waals surface area contributed by atoms with Crippen LogP contribution < -0.4 is 26.2 Å². The minimum atomic E-state index is -0.312. The van der Waals surface area contributed by atoms with Crippen molar-refractivity contribution in [3.63, 3.8) is 0 Å². The van der Waals surface area contributed by atoms with Gasteiger partial charge in [-0.1, -0.05) is 359 Å². The highest BCUT2D eigenvalue weighted by atomic mass is 15.2. The van der Waals surface area contributed by atoms with Gasteiger partial charge >= 0.3 is 0 Å². The molecule has 0 saturated carbocycles. The van der Waals surface area contributed by atoms with Gasteiger partial charge in [0.25, 0.3) is 6.71 Å². The molecular weight excluding hydrogens is 1290 g/mol. The zero-order chi connectivity index (χ0) is 74.2. The highest BCUT2D eigenvalue weighted by Gasteiger charge is 2.46. The van der Waals surface area contributed by atoms with Crippen molar-refractivity contribution in [1.29, 1.82) is 0 Å². The third-order valence-corrected chi connectivity index (χ3v) is 22.6. The van der Waals surface area contributed by atoms with Gasteiger partial charge in [-0.3, -0.25) is 0 Å². The molecule has 2 aromatic heterocycles. The first-order chi connectivity index (χ1) is 51.3. The van der Waals surface area contributed by atoms with Crippen LogP contribution in [-0.4, -0.2) is 15.8 Å². The van der Waals surface area contributed by atoms with Gasteiger partial charge in [0.1, 0.15) is 0 Å². The Kier molecular flexibility index (Phi) is 16.5. The van der Waals surface area contributed by atoms with Crippen LogP contribution in [-0.2, 0) is 27.1 Å². The Morgan fingerprint density at radius 3 is 0.766 bits per heavy atom. The molecule has 5 heteroatoms. The molecule has 0 radical (unpaired) electrons. The normalized spacial score (nSPS) is 13.1. The zero-order valence-corrected chi connectivity index (χ0v) is 64.7. The van der Waals surface area contributed by atoms with Crippen LogP contribution in [0.4, 0.5) is 34.1 Å². The molecule has 0 amide bonds. The lowest BCUT2D eigenvalue weighted by atomic mass is 9.33. The molecular formula is C102H95BN4. The number of nitrogens with zero attached hydrogens (tertiary/aromatic N) is 4. The molecule has 0 N–H and O–H groups in total. The number of hydrogen-bond acceptors (Lipinski definition) is 2. The summed E-state index contributed by atoms with van der Waals surface area (Å²) in [6.07, 6.45) is 0. The molecule has 17 rings (SSSR count). The Balaban J connectivity index is 1.03.